The number of aliphatic carboxylic acids is 1. The molecule has 2 fully saturated rings. The van der Waals surface area contributed by atoms with Crippen LogP contribution in [0.25, 0.3) is 0 Å². The first-order valence-electron chi connectivity index (χ1n) is 6.32. The second-order valence-electron chi connectivity index (χ2n) is 5.67. The molecule has 0 radical (unpaired) electrons. The molecule has 1 N–H and O–H groups in total. The Morgan fingerprint density at radius 2 is 2.06 bits per heavy atom. The number of carboxylic acid groups (broad SMARTS) is 1. The molecule has 4 unspecified atom stereocenters. The molecule has 0 saturated heterocycles. The highest BCUT2D eigenvalue weighted by atomic mass is 32.2. The Labute approximate surface area is 102 Å². The van der Waals surface area contributed by atoms with Crippen LogP contribution >= 0.6 is 0 Å². The third-order valence-corrected chi connectivity index (χ3v) is 6.69. The highest BCUT2D eigenvalue weighted by Gasteiger charge is 2.42. The molecule has 5 heteroatoms. The van der Waals surface area contributed by atoms with Crippen molar-refractivity contribution in [2.24, 2.45) is 17.8 Å². The second kappa shape index (κ2) is 4.59. The van der Waals surface area contributed by atoms with Crippen LogP contribution in [0, 0.1) is 17.8 Å². The molecule has 0 spiro atoms. The fourth-order valence-electron chi connectivity index (χ4n) is 3.42. The predicted octanol–water partition coefficient (Wildman–Crippen LogP) is 1.70. The SMILES string of the molecule is CC(CC(=O)O)S(=O)(=O)CC1CC2CCC1C2. The van der Waals surface area contributed by atoms with Gasteiger partial charge in [0.2, 0.25) is 0 Å². The molecule has 2 aliphatic carbocycles. The van der Waals surface area contributed by atoms with Gasteiger partial charge in [-0.3, -0.25) is 4.79 Å². The topological polar surface area (TPSA) is 71.4 Å². The van der Waals surface area contributed by atoms with Crippen molar-refractivity contribution in [3.63, 3.8) is 0 Å². The van der Waals surface area contributed by atoms with Crippen molar-refractivity contribution in [3.05, 3.63) is 0 Å². The van der Waals surface area contributed by atoms with Crippen molar-refractivity contribution in [1.29, 1.82) is 0 Å². The summed E-state index contributed by atoms with van der Waals surface area (Å²) >= 11 is 0. The first-order valence-corrected chi connectivity index (χ1v) is 8.03. The number of hydrogen-bond donors (Lipinski definition) is 1. The molecule has 17 heavy (non-hydrogen) atoms. The van der Waals surface area contributed by atoms with Crippen LogP contribution < -0.4 is 0 Å². The summed E-state index contributed by atoms with van der Waals surface area (Å²) in [5, 5.41) is 7.90. The summed E-state index contributed by atoms with van der Waals surface area (Å²) in [6.45, 7) is 1.51. The molecule has 0 aromatic heterocycles. The molecule has 2 rings (SSSR count). The Morgan fingerprint density at radius 3 is 2.53 bits per heavy atom. The van der Waals surface area contributed by atoms with Crippen LogP contribution in [0.1, 0.15) is 39.0 Å². The maximum Gasteiger partial charge on any atom is 0.304 e. The second-order valence-corrected chi connectivity index (χ2v) is 8.14. The minimum absolute atomic E-state index is 0.197. The van der Waals surface area contributed by atoms with Crippen molar-refractivity contribution in [2.45, 2.75) is 44.3 Å². The van der Waals surface area contributed by atoms with Gasteiger partial charge in [0.15, 0.2) is 9.84 Å². The van der Waals surface area contributed by atoms with E-state index < -0.39 is 21.1 Å². The quantitative estimate of drug-likeness (QED) is 0.816. The van der Waals surface area contributed by atoms with E-state index in [9.17, 15) is 13.2 Å². The molecule has 98 valence electrons. The van der Waals surface area contributed by atoms with Crippen LogP contribution in [0.4, 0.5) is 0 Å². The van der Waals surface area contributed by atoms with Crippen molar-refractivity contribution < 1.29 is 18.3 Å². The van der Waals surface area contributed by atoms with Crippen LogP contribution in [0.5, 0.6) is 0 Å². The molecular formula is C12H20O4S. The van der Waals surface area contributed by atoms with E-state index in [1.807, 2.05) is 0 Å². The average Bonchev–Trinajstić information content (AvgIpc) is 2.77. The summed E-state index contributed by atoms with van der Waals surface area (Å²) in [5.41, 5.74) is 0. The summed E-state index contributed by atoms with van der Waals surface area (Å²) in [6, 6.07) is 0. The monoisotopic (exact) mass is 260 g/mol. The van der Waals surface area contributed by atoms with Gasteiger partial charge in [0.05, 0.1) is 17.4 Å². The van der Waals surface area contributed by atoms with Crippen LogP contribution in [-0.2, 0) is 14.6 Å². The van der Waals surface area contributed by atoms with Gasteiger partial charge in [0.1, 0.15) is 0 Å². The molecule has 4 nitrogen and oxygen atoms in total. The zero-order valence-corrected chi connectivity index (χ0v) is 10.9. The number of sulfone groups is 1. The van der Waals surface area contributed by atoms with Crippen LogP contribution in [0.15, 0.2) is 0 Å². The Morgan fingerprint density at radius 1 is 1.35 bits per heavy atom. The average molecular weight is 260 g/mol. The zero-order valence-electron chi connectivity index (χ0n) is 10.1. The summed E-state index contributed by atoms with van der Waals surface area (Å²) < 4.78 is 24.1. The Bertz CT molecular complexity index is 401. The molecule has 2 aliphatic rings. The number of carbonyl (C=O) groups is 1. The first-order chi connectivity index (χ1) is 7.88. The molecule has 4 atom stereocenters. The Balaban J connectivity index is 1.95. The fraction of sp³-hybridized carbons (Fsp3) is 0.917. The molecule has 0 heterocycles. The van der Waals surface area contributed by atoms with Gasteiger partial charge < -0.3 is 5.11 Å². The molecule has 0 aliphatic heterocycles. The van der Waals surface area contributed by atoms with Crippen LogP contribution in [0.3, 0.4) is 0 Å². The molecule has 0 aromatic rings. The molecule has 0 aromatic carbocycles. The number of rotatable bonds is 5. The van der Waals surface area contributed by atoms with Gasteiger partial charge >= 0.3 is 5.97 Å². The van der Waals surface area contributed by atoms with Crippen molar-refractivity contribution in [2.75, 3.05) is 5.75 Å². The van der Waals surface area contributed by atoms with Gasteiger partial charge in [-0.2, -0.15) is 0 Å². The smallest absolute Gasteiger partial charge is 0.304 e. The van der Waals surface area contributed by atoms with Gasteiger partial charge in [0.25, 0.3) is 0 Å². The van der Waals surface area contributed by atoms with Crippen LogP contribution in [-0.4, -0.2) is 30.5 Å². The normalized spacial score (nSPS) is 33.8. The Kier molecular flexibility index (Phi) is 3.48. The summed E-state index contributed by atoms with van der Waals surface area (Å²) in [7, 11) is -3.24. The van der Waals surface area contributed by atoms with Crippen molar-refractivity contribution >= 4 is 15.8 Å². The predicted molar refractivity (Wildman–Crippen MR) is 64.4 cm³/mol. The molecule has 2 saturated carbocycles. The lowest BCUT2D eigenvalue weighted by atomic mass is 9.90. The van der Waals surface area contributed by atoms with Crippen LogP contribution in [0.2, 0.25) is 0 Å². The van der Waals surface area contributed by atoms with Gasteiger partial charge in [-0.15, -0.1) is 0 Å². The third-order valence-electron chi connectivity index (χ3n) is 4.41. The van der Waals surface area contributed by atoms with Crippen molar-refractivity contribution in [3.8, 4) is 0 Å². The van der Waals surface area contributed by atoms with E-state index in [0.717, 1.165) is 18.8 Å². The number of hydrogen-bond acceptors (Lipinski definition) is 3. The highest BCUT2D eigenvalue weighted by Crippen LogP contribution is 2.48. The van der Waals surface area contributed by atoms with Gasteiger partial charge in [0, 0.05) is 0 Å². The van der Waals surface area contributed by atoms with E-state index in [1.54, 1.807) is 0 Å². The minimum Gasteiger partial charge on any atom is -0.481 e. The van der Waals surface area contributed by atoms with Crippen molar-refractivity contribution in [1.82, 2.24) is 0 Å². The standard InChI is InChI=1S/C12H20O4S/c1-8(4-12(13)14)17(15,16)7-11-6-9-2-3-10(11)5-9/h8-11H,2-7H2,1H3,(H,13,14). The summed E-state index contributed by atoms with van der Waals surface area (Å²) in [4.78, 5) is 10.6. The van der Waals surface area contributed by atoms with E-state index in [0.29, 0.717) is 5.92 Å². The number of carboxylic acids is 1. The fourth-order valence-corrected chi connectivity index (χ4v) is 5.15. The molecular weight excluding hydrogens is 240 g/mol. The van der Waals surface area contributed by atoms with E-state index in [1.165, 1.54) is 19.8 Å². The maximum atomic E-state index is 12.0. The largest absolute Gasteiger partial charge is 0.481 e. The van der Waals surface area contributed by atoms with E-state index in [4.69, 9.17) is 5.11 Å². The zero-order chi connectivity index (χ0) is 12.6. The third kappa shape index (κ3) is 2.81. The molecule has 2 bridgehead atoms. The lowest BCUT2D eigenvalue weighted by molar-refractivity contribution is -0.136. The van der Waals surface area contributed by atoms with Gasteiger partial charge in [-0.05, 0) is 43.9 Å². The first kappa shape index (κ1) is 12.9. The Hall–Kier alpha value is -0.580. The minimum atomic E-state index is -3.24. The molecule has 0 amide bonds. The lowest BCUT2D eigenvalue weighted by Gasteiger charge is -2.22. The van der Waals surface area contributed by atoms with E-state index >= 15 is 0 Å². The number of fused-ring (bicyclic) bond motifs is 2. The lowest BCUT2D eigenvalue weighted by Crippen LogP contribution is -2.29. The van der Waals surface area contributed by atoms with Gasteiger partial charge in [-0.1, -0.05) is 6.42 Å². The maximum absolute atomic E-state index is 12.0. The van der Waals surface area contributed by atoms with E-state index in [-0.39, 0.29) is 18.1 Å². The highest BCUT2D eigenvalue weighted by molar-refractivity contribution is 7.92. The van der Waals surface area contributed by atoms with Gasteiger partial charge in [-0.25, -0.2) is 8.42 Å². The van der Waals surface area contributed by atoms with E-state index in [2.05, 4.69) is 0 Å². The summed E-state index contributed by atoms with van der Waals surface area (Å²) in [5.74, 6) is 0.758. The summed E-state index contributed by atoms with van der Waals surface area (Å²) in [6.07, 6.45) is 4.37.